The van der Waals surface area contributed by atoms with E-state index in [4.69, 9.17) is 5.11 Å². The van der Waals surface area contributed by atoms with Gasteiger partial charge in [-0.15, -0.1) is 0 Å². The average Bonchev–Trinajstić information content (AvgIpc) is 2.46. The van der Waals surface area contributed by atoms with Crippen molar-refractivity contribution in [2.24, 2.45) is 5.92 Å². The summed E-state index contributed by atoms with van der Waals surface area (Å²) in [6, 6.07) is 5.22. The number of hydrogen-bond acceptors (Lipinski definition) is 2. The van der Waals surface area contributed by atoms with Gasteiger partial charge in [0.1, 0.15) is 0 Å². The molecule has 0 saturated heterocycles. The van der Waals surface area contributed by atoms with E-state index < -0.39 is 5.97 Å². The first kappa shape index (κ1) is 15.5. The maximum atomic E-state index is 12.3. The number of carbonyl (C=O) groups is 2. The van der Waals surface area contributed by atoms with Gasteiger partial charge in [-0.3, -0.25) is 4.79 Å². The Bertz CT molecular complexity index is 539. The molecule has 0 fully saturated rings. The van der Waals surface area contributed by atoms with Gasteiger partial charge in [-0.25, -0.2) is 4.79 Å². The fourth-order valence-corrected chi connectivity index (χ4v) is 2.93. The van der Waals surface area contributed by atoms with Crippen LogP contribution in [0.15, 0.2) is 18.2 Å². The van der Waals surface area contributed by atoms with E-state index in [1.807, 2.05) is 11.0 Å². The van der Waals surface area contributed by atoms with E-state index in [9.17, 15) is 9.59 Å². The molecular weight excluding hydrogens is 266 g/mol. The molecule has 0 radical (unpaired) electrons. The fraction of sp³-hybridized carbons (Fsp3) is 0.529. The summed E-state index contributed by atoms with van der Waals surface area (Å²) in [4.78, 5) is 25.2. The molecule has 1 aromatic carbocycles. The first-order valence-corrected chi connectivity index (χ1v) is 7.64. The molecule has 2 rings (SSSR count). The molecule has 4 nitrogen and oxygen atoms in total. The SMILES string of the molecule is CCCC(C)CC(=O)N1CCc2ccc(C(=O)O)cc2C1. The molecule has 0 aliphatic carbocycles. The number of carboxylic acids is 1. The van der Waals surface area contributed by atoms with Crippen LogP contribution < -0.4 is 0 Å². The number of carboxylic acid groups (broad SMARTS) is 1. The van der Waals surface area contributed by atoms with E-state index in [1.165, 1.54) is 0 Å². The minimum Gasteiger partial charge on any atom is -0.478 e. The number of amides is 1. The summed E-state index contributed by atoms with van der Waals surface area (Å²) in [5.41, 5.74) is 2.42. The van der Waals surface area contributed by atoms with Crippen molar-refractivity contribution in [3.05, 3.63) is 34.9 Å². The highest BCUT2D eigenvalue weighted by Crippen LogP contribution is 2.22. The Labute approximate surface area is 125 Å². The number of nitrogens with zero attached hydrogens (tertiary/aromatic N) is 1. The smallest absolute Gasteiger partial charge is 0.335 e. The molecule has 21 heavy (non-hydrogen) atoms. The molecule has 1 aliphatic heterocycles. The quantitative estimate of drug-likeness (QED) is 0.906. The van der Waals surface area contributed by atoms with Crippen LogP contribution in [0.5, 0.6) is 0 Å². The lowest BCUT2D eigenvalue weighted by Gasteiger charge is -2.30. The Hall–Kier alpha value is -1.84. The molecule has 114 valence electrons. The largest absolute Gasteiger partial charge is 0.478 e. The van der Waals surface area contributed by atoms with Crippen LogP contribution in [0, 0.1) is 5.92 Å². The van der Waals surface area contributed by atoms with Gasteiger partial charge in [-0.2, -0.15) is 0 Å². The van der Waals surface area contributed by atoms with Crippen LogP contribution in [0.4, 0.5) is 0 Å². The molecule has 4 heteroatoms. The molecule has 1 aromatic rings. The lowest BCUT2D eigenvalue weighted by atomic mass is 9.96. The van der Waals surface area contributed by atoms with Crippen molar-refractivity contribution in [3.8, 4) is 0 Å². The highest BCUT2D eigenvalue weighted by molar-refractivity contribution is 5.88. The molecule has 0 saturated carbocycles. The zero-order chi connectivity index (χ0) is 15.4. The lowest BCUT2D eigenvalue weighted by Crippen LogP contribution is -2.36. The van der Waals surface area contributed by atoms with Gasteiger partial charge in [0.25, 0.3) is 0 Å². The van der Waals surface area contributed by atoms with Crippen molar-refractivity contribution >= 4 is 11.9 Å². The molecule has 1 heterocycles. The normalized spacial score (nSPS) is 15.4. The van der Waals surface area contributed by atoms with Crippen LogP contribution in [-0.2, 0) is 17.8 Å². The van der Waals surface area contributed by atoms with Crippen LogP contribution >= 0.6 is 0 Å². The zero-order valence-electron chi connectivity index (χ0n) is 12.8. The van der Waals surface area contributed by atoms with Crippen molar-refractivity contribution < 1.29 is 14.7 Å². The van der Waals surface area contributed by atoms with E-state index in [1.54, 1.807) is 12.1 Å². The molecule has 0 spiro atoms. The molecule has 0 aromatic heterocycles. The Kier molecular flexibility index (Phi) is 4.99. The summed E-state index contributed by atoms with van der Waals surface area (Å²) in [5.74, 6) is -0.325. The van der Waals surface area contributed by atoms with Crippen LogP contribution in [0.25, 0.3) is 0 Å². The summed E-state index contributed by atoms with van der Waals surface area (Å²) in [7, 11) is 0. The van der Waals surface area contributed by atoms with Crippen LogP contribution in [0.3, 0.4) is 0 Å². The van der Waals surface area contributed by atoms with E-state index in [0.29, 0.717) is 24.4 Å². The molecule has 1 aliphatic rings. The monoisotopic (exact) mass is 289 g/mol. The van der Waals surface area contributed by atoms with Crippen molar-refractivity contribution in [3.63, 3.8) is 0 Å². The van der Waals surface area contributed by atoms with Crippen molar-refractivity contribution in [1.82, 2.24) is 4.90 Å². The van der Waals surface area contributed by atoms with Gasteiger partial charge >= 0.3 is 5.97 Å². The maximum absolute atomic E-state index is 12.3. The molecular formula is C17H23NO3. The van der Waals surface area contributed by atoms with E-state index >= 15 is 0 Å². The van der Waals surface area contributed by atoms with E-state index in [2.05, 4.69) is 13.8 Å². The average molecular weight is 289 g/mol. The number of hydrogen-bond donors (Lipinski definition) is 1. The van der Waals surface area contributed by atoms with Crippen LogP contribution in [0.2, 0.25) is 0 Å². The second-order valence-electron chi connectivity index (χ2n) is 5.95. The third-order valence-corrected chi connectivity index (χ3v) is 4.12. The van der Waals surface area contributed by atoms with Crippen LogP contribution in [0.1, 0.15) is 54.6 Å². The van der Waals surface area contributed by atoms with Crippen molar-refractivity contribution in [2.75, 3.05) is 6.54 Å². The molecule has 1 atom stereocenters. The number of aromatic carboxylic acids is 1. The number of benzene rings is 1. The third-order valence-electron chi connectivity index (χ3n) is 4.12. The molecule has 0 bridgehead atoms. The minimum absolute atomic E-state index is 0.183. The van der Waals surface area contributed by atoms with Gasteiger partial charge in [-0.1, -0.05) is 32.8 Å². The van der Waals surface area contributed by atoms with E-state index in [0.717, 1.165) is 36.9 Å². The first-order chi connectivity index (χ1) is 10.0. The molecule has 1 N–H and O–H groups in total. The topological polar surface area (TPSA) is 57.6 Å². The second-order valence-corrected chi connectivity index (χ2v) is 5.95. The lowest BCUT2D eigenvalue weighted by molar-refractivity contribution is -0.133. The van der Waals surface area contributed by atoms with Crippen LogP contribution in [-0.4, -0.2) is 28.4 Å². The van der Waals surface area contributed by atoms with Gasteiger partial charge in [-0.05, 0) is 35.6 Å². The number of rotatable bonds is 5. The summed E-state index contributed by atoms with van der Waals surface area (Å²) < 4.78 is 0. The van der Waals surface area contributed by atoms with Crippen molar-refractivity contribution in [2.45, 2.75) is 46.1 Å². The van der Waals surface area contributed by atoms with Gasteiger partial charge in [0.2, 0.25) is 5.91 Å². The number of fused-ring (bicyclic) bond motifs is 1. The predicted octanol–water partition coefficient (Wildman–Crippen LogP) is 3.10. The summed E-state index contributed by atoms with van der Waals surface area (Å²) >= 11 is 0. The third kappa shape index (κ3) is 3.84. The first-order valence-electron chi connectivity index (χ1n) is 7.64. The molecule has 1 amide bonds. The Morgan fingerprint density at radius 3 is 2.76 bits per heavy atom. The van der Waals surface area contributed by atoms with E-state index in [-0.39, 0.29) is 5.91 Å². The fourth-order valence-electron chi connectivity index (χ4n) is 2.93. The molecule has 1 unspecified atom stereocenters. The van der Waals surface area contributed by atoms with Gasteiger partial charge < -0.3 is 10.0 Å². The second kappa shape index (κ2) is 6.74. The number of carbonyl (C=O) groups excluding carboxylic acids is 1. The Morgan fingerprint density at radius 1 is 1.33 bits per heavy atom. The highest BCUT2D eigenvalue weighted by atomic mass is 16.4. The summed E-state index contributed by atoms with van der Waals surface area (Å²) in [5, 5.41) is 9.06. The summed E-state index contributed by atoms with van der Waals surface area (Å²) in [6.45, 7) is 5.51. The predicted molar refractivity (Wildman–Crippen MR) is 81.2 cm³/mol. The highest BCUT2D eigenvalue weighted by Gasteiger charge is 2.22. The standard InChI is InChI=1S/C17H23NO3/c1-3-4-12(2)9-16(19)18-8-7-13-5-6-14(17(20)21)10-15(13)11-18/h5-6,10,12H,3-4,7-9,11H2,1-2H3,(H,20,21). The minimum atomic E-state index is -0.919. The maximum Gasteiger partial charge on any atom is 0.335 e. The zero-order valence-corrected chi connectivity index (χ0v) is 12.8. The van der Waals surface area contributed by atoms with Gasteiger partial charge in [0.15, 0.2) is 0 Å². The van der Waals surface area contributed by atoms with Gasteiger partial charge in [0.05, 0.1) is 5.56 Å². The Balaban J connectivity index is 2.05. The van der Waals surface area contributed by atoms with Gasteiger partial charge in [0, 0.05) is 19.5 Å². The Morgan fingerprint density at radius 2 is 2.10 bits per heavy atom. The van der Waals surface area contributed by atoms with Crippen molar-refractivity contribution in [1.29, 1.82) is 0 Å². The summed E-state index contributed by atoms with van der Waals surface area (Å²) in [6.07, 6.45) is 3.56.